The van der Waals surface area contributed by atoms with Crippen LogP contribution in [0.5, 0.6) is 0 Å². The van der Waals surface area contributed by atoms with Crippen molar-refractivity contribution in [2.24, 2.45) is 0 Å². The molecular weight excluding hydrogens is 278 g/mol. The van der Waals surface area contributed by atoms with Crippen molar-refractivity contribution >= 4 is 15.7 Å². The van der Waals surface area contributed by atoms with E-state index in [4.69, 9.17) is 4.74 Å². The van der Waals surface area contributed by atoms with E-state index in [-0.39, 0.29) is 11.5 Å². The van der Waals surface area contributed by atoms with E-state index in [0.29, 0.717) is 25.6 Å². The van der Waals surface area contributed by atoms with Gasteiger partial charge in [-0.15, -0.1) is 0 Å². The normalized spacial score (nSPS) is 25.9. The lowest BCUT2D eigenvalue weighted by atomic mass is 10.0. The van der Waals surface area contributed by atoms with Crippen LogP contribution in [0, 0.1) is 6.92 Å². The lowest BCUT2D eigenvalue weighted by molar-refractivity contribution is 0.193. The van der Waals surface area contributed by atoms with E-state index in [1.165, 1.54) is 0 Å². The van der Waals surface area contributed by atoms with Crippen molar-refractivity contribution in [1.29, 1.82) is 0 Å². The highest BCUT2D eigenvalue weighted by molar-refractivity contribution is 7.91. The molecule has 0 amide bonds. The van der Waals surface area contributed by atoms with E-state index in [0.717, 1.165) is 30.4 Å². The van der Waals surface area contributed by atoms with Crippen LogP contribution < -0.4 is 4.90 Å². The Kier molecular flexibility index (Phi) is 3.64. The van der Waals surface area contributed by atoms with Crippen molar-refractivity contribution in [2.75, 3.05) is 42.7 Å². The molecule has 110 valence electrons. The van der Waals surface area contributed by atoms with Crippen molar-refractivity contribution in [2.45, 2.75) is 19.3 Å². The Labute approximate surface area is 119 Å². The van der Waals surface area contributed by atoms with Gasteiger partial charge in [0.2, 0.25) is 0 Å². The standard InChI is InChI=1S/C13H19N3O3S/c1-10-14-12(11-2-5-19-9-11)8-13(15-10)16-3-6-20(17,18)7-4-16/h8,11H,2-7,9H2,1H3/t11-/m0/s1. The highest BCUT2D eigenvalue weighted by atomic mass is 32.2. The molecule has 1 aromatic rings. The summed E-state index contributed by atoms with van der Waals surface area (Å²) in [5.74, 6) is 2.33. The van der Waals surface area contributed by atoms with Gasteiger partial charge >= 0.3 is 0 Å². The third-order valence-corrected chi connectivity index (χ3v) is 5.47. The molecule has 6 nitrogen and oxygen atoms in total. The van der Waals surface area contributed by atoms with Gasteiger partial charge in [0.25, 0.3) is 0 Å². The highest BCUT2D eigenvalue weighted by Crippen LogP contribution is 2.26. The number of aryl methyl sites for hydroxylation is 1. The van der Waals surface area contributed by atoms with Gasteiger partial charge in [-0.25, -0.2) is 18.4 Å². The summed E-state index contributed by atoms with van der Waals surface area (Å²) in [6, 6.07) is 1.99. The van der Waals surface area contributed by atoms with Crippen LogP contribution in [0.4, 0.5) is 5.82 Å². The van der Waals surface area contributed by atoms with Crippen molar-refractivity contribution in [1.82, 2.24) is 9.97 Å². The van der Waals surface area contributed by atoms with Crippen LogP contribution in [-0.2, 0) is 14.6 Å². The van der Waals surface area contributed by atoms with E-state index in [1.54, 1.807) is 0 Å². The Morgan fingerprint density at radius 1 is 1.30 bits per heavy atom. The molecule has 0 radical (unpaired) electrons. The van der Waals surface area contributed by atoms with Crippen LogP contribution in [0.15, 0.2) is 6.07 Å². The quantitative estimate of drug-likeness (QED) is 0.792. The monoisotopic (exact) mass is 297 g/mol. The lowest BCUT2D eigenvalue weighted by Crippen LogP contribution is -2.40. The minimum absolute atomic E-state index is 0.206. The second-order valence-electron chi connectivity index (χ2n) is 5.40. The molecule has 1 atom stereocenters. The summed E-state index contributed by atoms with van der Waals surface area (Å²) in [6.45, 7) is 4.40. The fraction of sp³-hybridized carbons (Fsp3) is 0.692. The van der Waals surface area contributed by atoms with Gasteiger partial charge in [-0.3, -0.25) is 0 Å². The molecule has 20 heavy (non-hydrogen) atoms. The van der Waals surface area contributed by atoms with Crippen molar-refractivity contribution < 1.29 is 13.2 Å². The predicted molar refractivity (Wildman–Crippen MR) is 75.8 cm³/mol. The Balaban J connectivity index is 1.82. The van der Waals surface area contributed by atoms with E-state index in [2.05, 4.69) is 9.97 Å². The maximum Gasteiger partial charge on any atom is 0.153 e. The number of hydrogen-bond donors (Lipinski definition) is 0. The lowest BCUT2D eigenvalue weighted by Gasteiger charge is -2.28. The van der Waals surface area contributed by atoms with Gasteiger partial charge in [0.15, 0.2) is 9.84 Å². The molecular formula is C13H19N3O3S. The second kappa shape index (κ2) is 5.29. The molecule has 1 aromatic heterocycles. The van der Waals surface area contributed by atoms with Crippen LogP contribution in [-0.4, -0.2) is 56.2 Å². The summed E-state index contributed by atoms with van der Waals surface area (Å²) in [5, 5.41) is 0. The Morgan fingerprint density at radius 3 is 2.70 bits per heavy atom. The van der Waals surface area contributed by atoms with E-state index in [9.17, 15) is 8.42 Å². The predicted octanol–water partition coefficient (Wildman–Crippen LogP) is 0.524. The molecule has 0 saturated carbocycles. The van der Waals surface area contributed by atoms with Crippen LogP contribution in [0.1, 0.15) is 23.9 Å². The maximum absolute atomic E-state index is 11.5. The number of ether oxygens (including phenoxy) is 1. The zero-order valence-electron chi connectivity index (χ0n) is 11.6. The van der Waals surface area contributed by atoms with Gasteiger partial charge in [0.05, 0.1) is 23.8 Å². The highest BCUT2D eigenvalue weighted by Gasteiger charge is 2.25. The van der Waals surface area contributed by atoms with E-state index >= 15 is 0 Å². The molecule has 2 saturated heterocycles. The molecule has 3 rings (SSSR count). The molecule has 0 unspecified atom stereocenters. The fourth-order valence-electron chi connectivity index (χ4n) is 2.65. The average molecular weight is 297 g/mol. The Bertz CT molecular complexity index is 583. The Hall–Kier alpha value is -1.21. The van der Waals surface area contributed by atoms with Crippen LogP contribution in [0.25, 0.3) is 0 Å². The molecule has 0 spiro atoms. The minimum Gasteiger partial charge on any atom is -0.381 e. The summed E-state index contributed by atoms with van der Waals surface area (Å²) < 4.78 is 28.4. The van der Waals surface area contributed by atoms with Crippen molar-refractivity contribution in [3.8, 4) is 0 Å². The molecule has 7 heteroatoms. The minimum atomic E-state index is -2.86. The topological polar surface area (TPSA) is 72.4 Å². The molecule has 2 aliphatic rings. The molecule has 3 heterocycles. The van der Waals surface area contributed by atoms with Crippen molar-refractivity contribution in [3.63, 3.8) is 0 Å². The number of anilines is 1. The average Bonchev–Trinajstić information content (AvgIpc) is 2.91. The first-order chi connectivity index (χ1) is 9.53. The zero-order valence-corrected chi connectivity index (χ0v) is 12.4. The fourth-order valence-corrected chi connectivity index (χ4v) is 3.86. The Morgan fingerprint density at radius 2 is 2.05 bits per heavy atom. The van der Waals surface area contributed by atoms with Crippen LogP contribution in [0.3, 0.4) is 0 Å². The SMILES string of the molecule is Cc1nc([C@H]2CCOC2)cc(N2CCS(=O)(=O)CC2)n1. The van der Waals surface area contributed by atoms with Crippen LogP contribution >= 0.6 is 0 Å². The summed E-state index contributed by atoms with van der Waals surface area (Å²) in [4.78, 5) is 11.0. The third kappa shape index (κ3) is 2.93. The first-order valence-electron chi connectivity index (χ1n) is 6.92. The maximum atomic E-state index is 11.5. The molecule has 0 bridgehead atoms. The number of rotatable bonds is 2. The third-order valence-electron chi connectivity index (χ3n) is 3.86. The molecule has 0 aromatic carbocycles. The smallest absolute Gasteiger partial charge is 0.153 e. The molecule has 0 N–H and O–H groups in total. The first-order valence-corrected chi connectivity index (χ1v) is 8.74. The van der Waals surface area contributed by atoms with E-state index < -0.39 is 9.84 Å². The molecule has 2 fully saturated rings. The number of aromatic nitrogens is 2. The molecule has 0 aliphatic carbocycles. The van der Waals surface area contributed by atoms with Gasteiger partial charge in [-0.1, -0.05) is 0 Å². The summed E-state index contributed by atoms with van der Waals surface area (Å²) in [5.41, 5.74) is 1.01. The van der Waals surface area contributed by atoms with Gasteiger partial charge < -0.3 is 9.64 Å². The summed E-state index contributed by atoms with van der Waals surface area (Å²) >= 11 is 0. The second-order valence-corrected chi connectivity index (χ2v) is 7.70. The van der Waals surface area contributed by atoms with Gasteiger partial charge in [-0.05, 0) is 13.3 Å². The van der Waals surface area contributed by atoms with Crippen LogP contribution in [0.2, 0.25) is 0 Å². The number of sulfone groups is 1. The van der Waals surface area contributed by atoms with E-state index in [1.807, 2.05) is 17.9 Å². The first kappa shape index (κ1) is 13.8. The zero-order chi connectivity index (χ0) is 14.2. The van der Waals surface area contributed by atoms with Gasteiger partial charge in [0.1, 0.15) is 11.6 Å². The summed E-state index contributed by atoms with van der Waals surface area (Å²) in [7, 11) is -2.86. The van der Waals surface area contributed by atoms with Crippen molar-refractivity contribution in [3.05, 3.63) is 17.6 Å². The van der Waals surface area contributed by atoms with Gasteiger partial charge in [0, 0.05) is 31.7 Å². The number of hydrogen-bond acceptors (Lipinski definition) is 6. The largest absolute Gasteiger partial charge is 0.381 e. The van der Waals surface area contributed by atoms with Gasteiger partial charge in [-0.2, -0.15) is 0 Å². The summed E-state index contributed by atoms with van der Waals surface area (Å²) in [6.07, 6.45) is 0.990. The molecule has 2 aliphatic heterocycles. The number of nitrogens with zero attached hydrogens (tertiary/aromatic N) is 3.